The van der Waals surface area contributed by atoms with Gasteiger partial charge in [-0.05, 0) is 50.8 Å². The number of hydrogen-bond donors (Lipinski definition) is 2. The fourth-order valence-electron chi connectivity index (χ4n) is 3.07. The number of amides is 2. The molecule has 1 heterocycles. The highest BCUT2D eigenvalue weighted by molar-refractivity contribution is 5.93. The average Bonchev–Trinajstić information content (AvgIpc) is 2.62. The number of carbonyl (C=O) groups is 1. The SMILES string of the molecule is CNC1CCCN(C(=O)NC2CCC2)c2ccccc21. The van der Waals surface area contributed by atoms with Crippen LogP contribution in [0.3, 0.4) is 0 Å². The highest BCUT2D eigenvalue weighted by Crippen LogP contribution is 2.32. The minimum atomic E-state index is 0.0684. The number of nitrogens with zero attached hydrogens (tertiary/aromatic N) is 1. The van der Waals surface area contributed by atoms with E-state index in [1.165, 1.54) is 12.0 Å². The van der Waals surface area contributed by atoms with Crippen molar-refractivity contribution in [3.8, 4) is 0 Å². The Morgan fingerprint density at radius 2 is 2.00 bits per heavy atom. The number of benzene rings is 1. The van der Waals surface area contributed by atoms with E-state index in [1.807, 2.05) is 18.0 Å². The molecule has 0 spiro atoms. The Kier molecular flexibility index (Phi) is 3.92. The van der Waals surface area contributed by atoms with Crippen LogP contribution in [0.5, 0.6) is 0 Å². The largest absolute Gasteiger partial charge is 0.335 e. The molecule has 1 aromatic carbocycles. The van der Waals surface area contributed by atoms with Crippen molar-refractivity contribution in [1.82, 2.24) is 10.6 Å². The molecule has 108 valence electrons. The molecule has 0 bridgehead atoms. The first kappa shape index (κ1) is 13.4. The van der Waals surface area contributed by atoms with Gasteiger partial charge >= 0.3 is 6.03 Å². The van der Waals surface area contributed by atoms with Gasteiger partial charge in [-0.15, -0.1) is 0 Å². The zero-order valence-electron chi connectivity index (χ0n) is 12.1. The molecule has 2 amide bonds. The fraction of sp³-hybridized carbons (Fsp3) is 0.562. The van der Waals surface area contributed by atoms with Crippen LogP contribution in [0.2, 0.25) is 0 Å². The van der Waals surface area contributed by atoms with Crippen molar-refractivity contribution >= 4 is 11.7 Å². The summed E-state index contributed by atoms with van der Waals surface area (Å²) in [6.07, 6.45) is 5.59. The first-order chi connectivity index (χ1) is 9.79. The lowest BCUT2D eigenvalue weighted by Crippen LogP contribution is -2.47. The molecule has 0 aromatic heterocycles. The van der Waals surface area contributed by atoms with Crippen molar-refractivity contribution < 1.29 is 4.79 Å². The zero-order valence-corrected chi connectivity index (χ0v) is 12.1. The minimum Gasteiger partial charge on any atom is -0.335 e. The van der Waals surface area contributed by atoms with Crippen LogP contribution in [-0.2, 0) is 0 Å². The van der Waals surface area contributed by atoms with E-state index in [0.717, 1.165) is 37.9 Å². The summed E-state index contributed by atoms with van der Waals surface area (Å²) in [6.45, 7) is 0.799. The Bertz CT molecular complexity index is 484. The molecule has 1 unspecified atom stereocenters. The van der Waals surface area contributed by atoms with Crippen LogP contribution < -0.4 is 15.5 Å². The summed E-state index contributed by atoms with van der Waals surface area (Å²) in [5.74, 6) is 0. The Labute approximate surface area is 120 Å². The summed E-state index contributed by atoms with van der Waals surface area (Å²) < 4.78 is 0. The van der Waals surface area contributed by atoms with E-state index in [1.54, 1.807) is 0 Å². The molecule has 1 saturated carbocycles. The number of para-hydroxylation sites is 1. The normalized spacial score (nSPS) is 22.6. The molecule has 0 radical (unpaired) electrons. The van der Waals surface area contributed by atoms with Crippen LogP contribution in [0.15, 0.2) is 24.3 Å². The van der Waals surface area contributed by atoms with Crippen molar-refractivity contribution in [2.45, 2.75) is 44.2 Å². The van der Waals surface area contributed by atoms with Gasteiger partial charge < -0.3 is 10.6 Å². The van der Waals surface area contributed by atoms with E-state index < -0.39 is 0 Å². The third-order valence-electron chi connectivity index (χ3n) is 4.50. The van der Waals surface area contributed by atoms with Crippen LogP contribution in [0, 0.1) is 0 Å². The molecule has 1 aliphatic heterocycles. The molecule has 1 aromatic rings. The molecule has 4 heteroatoms. The topological polar surface area (TPSA) is 44.4 Å². The Morgan fingerprint density at radius 1 is 1.20 bits per heavy atom. The maximum Gasteiger partial charge on any atom is 0.322 e. The molecule has 20 heavy (non-hydrogen) atoms. The Hall–Kier alpha value is -1.55. The molecule has 1 fully saturated rings. The monoisotopic (exact) mass is 273 g/mol. The van der Waals surface area contributed by atoms with Gasteiger partial charge in [0.05, 0.1) is 5.69 Å². The lowest BCUT2D eigenvalue weighted by molar-refractivity contribution is 0.234. The minimum absolute atomic E-state index is 0.0684. The van der Waals surface area contributed by atoms with Gasteiger partial charge in [-0.1, -0.05) is 18.2 Å². The zero-order chi connectivity index (χ0) is 13.9. The lowest BCUT2D eigenvalue weighted by atomic mass is 9.93. The summed E-state index contributed by atoms with van der Waals surface area (Å²) >= 11 is 0. The smallest absolute Gasteiger partial charge is 0.322 e. The second kappa shape index (κ2) is 5.83. The Balaban J connectivity index is 1.84. The number of anilines is 1. The molecule has 2 aliphatic rings. The molecule has 3 rings (SSSR count). The van der Waals surface area contributed by atoms with Gasteiger partial charge in [0, 0.05) is 18.6 Å². The summed E-state index contributed by atoms with van der Waals surface area (Å²) in [5, 5.41) is 6.52. The van der Waals surface area contributed by atoms with Gasteiger partial charge in [-0.3, -0.25) is 4.90 Å². The number of hydrogen-bond acceptors (Lipinski definition) is 2. The van der Waals surface area contributed by atoms with Crippen LogP contribution in [0.25, 0.3) is 0 Å². The number of urea groups is 1. The van der Waals surface area contributed by atoms with E-state index in [0.29, 0.717) is 12.1 Å². The van der Waals surface area contributed by atoms with Crippen LogP contribution in [0.4, 0.5) is 10.5 Å². The van der Waals surface area contributed by atoms with Crippen LogP contribution in [0.1, 0.15) is 43.7 Å². The van der Waals surface area contributed by atoms with E-state index in [4.69, 9.17) is 0 Å². The highest BCUT2D eigenvalue weighted by atomic mass is 16.2. The summed E-state index contributed by atoms with van der Waals surface area (Å²) in [4.78, 5) is 14.4. The number of rotatable bonds is 2. The molecule has 2 N–H and O–H groups in total. The quantitative estimate of drug-likeness (QED) is 0.870. The van der Waals surface area contributed by atoms with E-state index in [2.05, 4.69) is 28.8 Å². The van der Waals surface area contributed by atoms with Crippen molar-refractivity contribution in [2.75, 3.05) is 18.5 Å². The first-order valence-electron chi connectivity index (χ1n) is 7.64. The van der Waals surface area contributed by atoms with Crippen molar-refractivity contribution in [3.63, 3.8) is 0 Å². The van der Waals surface area contributed by atoms with Gasteiger partial charge in [-0.2, -0.15) is 0 Å². The molecule has 1 atom stereocenters. The first-order valence-corrected chi connectivity index (χ1v) is 7.64. The van der Waals surface area contributed by atoms with Crippen molar-refractivity contribution in [2.24, 2.45) is 0 Å². The summed E-state index contributed by atoms with van der Waals surface area (Å²) in [6, 6.07) is 9.05. The van der Waals surface area contributed by atoms with Crippen LogP contribution in [-0.4, -0.2) is 25.7 Å². The average molecular weight is 273 g/mol. The molecule has 1 aliphatic carbocycles. The molecular weight excluding hydrogens is 250 g/mol. The van der Waals surface area contributed by atoms with Gasteiger partial charge in [0.1, 0.15) is 0 Å². The second-order valence-electron chi connectivity index (χ2n) is 5.77. The molecule has 0 saturated heterocycles. The number of fused-ring (bicyclic) bond motifs is 1. The van der Waals surface area contributed by atoms with E-state index in [-0.39, 0.29) is 6.03 Å². The summed E-state index contributed by atoms with van der Waals surface area (Å²) in [7, 11) is 1.99. The van der Waals surface area contributed by atoms with Crippen molar-refractivity contribution in [1.29, 1.82) is 0 Å². The van der Waals surface area contributed by atoms with Gasteiger partial charge in [0.25, 0.3) is 0 Å². The predicted octanol–water partition coefficient (Wildman–Crippen LogP) is 2.81. The maximum absolute atomic E-state index is 12.5. The number of carbonyl (C=O) groups excluding carboxylic acids is 1. The van der Waals surface area contributed by atoms with E-state index >= 15 is 0 Å². The standard InChI is InChI=1S/C16H23N3O/c1-17-14-9-5-11-19(15-10-3-2-8-13(14)15)16(20)18-12-6-4-7-12/h2-3,8,10,12,14,17H,4-7,9,11H2,1H3,(H,18,20). The predicted molar refractivity (Wildman–Crippen MR) is 81.0 cm³/mol. The number of nitrogens with one attached hydrogen (secondary N) is 2. The van der Waals surface area contributed by atoms with Gasteiger partial charge in [0.15, 0.2) is 0 Å². The third kappa shape index (κ3) is 2.52. The Morgan fingerprint density at radius 3 is 2.70 bits per heavy atom. The van der Waals surface area contributed by atoms with Crippen LogP contribution >= 0.6 is 0 Å². The fourth-order valence-corrected chi connectivity index (χ4v) is 3.07. The second-order valence-corrected chi connectivity index (χ2v) is 5.77. The highest BCUT2D eigenvalue weighted by Gasteiger charge is 2.28. The van der Waals surface area contributed by atoms with Gasteiger partial charge in [-0.25, -0.2) is 4.79 Å². The van der Waals surface area contributed by atoms with Crippen molar-refractivity contribution in [3.05, 3.63) is 29.8 Å². The molecule has 4 nitrogen and oxygen atoms in total. The third-order valence-corrected chi connectivity index (χ3v) is 4.50. The maximum atomic E-state index is 12.5. The summed E-state index contributed by atoms with van der Waals surface area (Å²) in [5.41, 5.74) is 2.29. The lowest BCUT2D eigenvalue weighted by Gasteiger charge is -2.31. The van der Waals surface area contributed by atoms with E-state index in [9.17, 15) is 4.79 Å². The van der Waals surface area contributed by atoms with Gasteiger partial charge in [0.2, 0.25) is 0 Å². The molecular formula is C16H23N3O.